The van der Waals surface area contributed by atoms with Crippen LogP contribution in [0.1, 0.15) is 36.7 Å². The predicted molar refractivity (Wildman–Crippen MR) is 81.3 cm³/mol. The van der Waals surface area contributed by atoms with Gasteiger partial charge in [-0.25, -0.2) is 9.97 Å². The second-order valence-electron chi connectivity index (χ2n) is 5.68. The third kappa shape index (κ3) is 2.17. The summed E-state index contributed by atoms with van der Waals surface area (Å²) in [5, 5.41) is 9.63. The molecule has 4 heteroatoms. The fourth-order valence-corrected chi connectivity index (χ4v) is 2.98. The number of nitrogens with zero attached hydrogens (tertiary/aromatic N) is 3. The minimum atomic E-state index is 0.303. The van der Waals surface area contributed by atoms with Crippen molar-refractivity contribution in [1.82, 2.24) is 14.5 Å². The van der Waals surface area contributed by atoms with Crippen molar-refractivity contribution in [2.75, 3.05) is 0 Å². The third-order valence-corrected chi connectivity index (χ3v) is 4.23. The molecule has 0 saturated heterocycles. The van der Waals surface area contributed by atoms with Gasteiger partial charge in [0.15, 0.2) is 5.65 Å². The maximum Gasteiger partial charge on any atom is 0.160 e. The first-order valence-electron chi connectivity index (χ1n) is 7.41. The van der Waals surface area contributed by atoms with Gasteiger partial charge in [-0.3, -0.25) is 0 Å². The molecular formula is C17H17N3O. The lowest BCUT2D eigenvalue weighted by Crippen LogP contribution is -2.19. The Kier molecular flexibility index (Phi) is 2.88. The number of hydrogen-bond donors (Lipinski definition) is 1. The zero-order valence-corrected chi connectivity index (χ0v) is 11.7. The lowest BCUT2D eigenvalue weighted by molar-refractivity contribution is 0.313. The normalized spacial score (nSPS) is 15.2. The molecule has 0 spiro atoms. The first-order valence-corrected chi connectivity index (χ1v) is 7.41. The zero-order chi connectivity index (χ0) is 14.2. The molecule has 0 unspecified atom stereocenters. The van der Waals surface area contributed by atoms with Gasteiger partial charge in [0.1, 0.15) is 17.1 Å². The van der Waals surface area contributed by atoms with E-state index in [-0.39, 0.29) is 0 Å². The summed E-state index contributed by atoms with van der Waals surface area (Å²) < 4.78 is 2.29. The molecule has 106 valence electrons. The summed E-state index contributed by atoms with van der Waals surface area (Å²) in [7, 11) is 0. The van der Waals surface area contributed by atoms with E-state index in [1.165, 1.54) is 19.3 Å². The van der Waals surface area contributed by atoms with Gasteiger partial charge >= 0.3 is 0 Å². The maximum absolute atomic E-state index is 9.63. The number of hydrogen-bond acceptors (Lipinski definition) is 3. The topological polar surface area (TPSA) is 50.9 Å². The molecule has 0 atom stereocenters. The molecule has 2 heterocycles. The molecule has 4 nitrogen and oxygen atoms in total. The standard InChI is InChI=1S/C17H17N3O/c21-14-7-1-4-12(10-14)11-16-19-15-8-3-9-18-17(15)20(16)13-5-2-6-13/h1,3-4,7-10,13,21H,2,5-6,11H2. The van der Waals surface area contributed by atoms with Crippen LogP contribution in [0.4, 0.5) is 0 Å². The minimum Gasteiger partial charge on any atom is -0.508 e. The van der Waals surface area contributed by atoms with E-state index < -0.39 is 0 Å². The van der Waals surface area contributed by atoms with Gasteiger partial charge in [-0.05, 0) is 49.1 Å². The van der Waals surface area contributed by atoms with E-state index in [0.29, 0.717) is 11.8 Å². The van der Waals surface area contributed by atoms with Crippen molar-refractivity contribution in [3.63, 3.8) is 0 Å². The zero-order valence-electron chi connectivity index (χ0n) is 11.7. The summed E-state index contributed by atoms with van der Waals surface area (Å²) in [5.74, 6) is 1.34. The highest BCUT2D eigenvalue weighted by molar-refractivity contribution is 5.71. The average molecular weight is 279 g/mol. The maximum atomic E-state index is 9.63. The van der Waals surface area contributed by atoms with Gasteiger partial charge in [-0.15, -0.1) is 0 Å². The largest absolute Gasteiger partial charge is 0.508 e. The van der Waals surface area contributed by atoms with Crippen LogP contribution in [0.15, 0.2) is 42.6 Å². The van der Waals surface area contributed by atoms with Crippen molar-refractivity contribution in [2.45, 2.75) is 31.7 Å². The molecule has 3 aromatic rings. The smallest absolute Gasteiger partial charge is 0.160 e. The van der Waals surface area contributed by atoms with Crippen molar-refractivity contribution < 1.29 is 5.11 Å². The van der Waals surface area contributed by atoms with Crippen LogP contribution >= 0.6 is 0 Å². The van der Waals surface area contributed by atoms with Crippen molar-refractivity contribution in [3.05, 3.63) is 54.0 Å². The molecule has 0 bridgehead atoms. The highest BCUT2D eigenvalue weighted by atomic mass is 16.3. The van der Waals surface area contributed by atoms with Crippen molar-refractivity contribution in [2.24, 2.45) is 0 Å². The Morgan fingerprint density at radius 3 is 2.86 bits per heavy atom. The Morgan fingerprint density at radius 1 is 1.19 bits per heavy atom. The number of phenols is 1. The summed E-state index contributed by atoms with van der Waals surface area (Å²) in [6, 6.07) is 11.9. The Morgan fingerprint density at radius 2 is 2.10 bits per heavy atom. The van der Waals surface area contributed by atoms with Gasteiger partial charge < -0.3 is 9.67 Å². The van der Waals surface area contributed by atoms with E-state index in [9.17, 15) is 5.11 Å². The quantitative estimate of drug-likeness (QED) is 0.799. The van der Waals surface area contributed by atoms with Crippen LogP contribution < -0.4 is 0 Å². The second-order valence-corrected chi connectivity index (χ2v) is 5.68. The van der Waals surface area contributed by atoms with Gasteiger partial charge in [-0.2, -0.15) is 0 Å². The van der Waals surface area contributed by atoms with Gasteiger partial charge in [0.2, 0.25) is 0 Å². The molecule has 1 N–H and O–H groups in total. The average Bonchev–Trinajstić information content (AvgIpc) is 2.76. The van der Waals surface area contributed by atoms with Gasteiger partial charge in [0.25, 0.3) is 0 Å². The first-order chi connectivity index (χ1) is 10.3. The number of pyridine rings is 1. The predicted octanol–water partition coefficient (Wildman–Crippen LogP) is 3.45. The van der Waals surface area contributed by atoms with Gasteiger partial charge in [0.05, 0.1) is 0 Å². The summed E-state index contributed by atoms with van der Waals surface area (Å²) in [6.45, 7) is 0. The Balaban J connectivity index is 1.80. The molecule has 4 rings (SSSR count). The molecule has 1 saturated carbocycles. The number of aromatic hydroxyl groups is 1. The molecule has 0 radical (unpaired) electrons. The van der Waals surface area contributed by atoms with E-state index in [2.05, 4.69) is 9.55 Å². The summed E-state index contributed by atoms with van der Waals surface area (Å²) in [4.78, 5) is 9.27. The van der Waals surface area contributed by atoms with Crippen LogP contribution in [0, 0.1) is 0 Å². The molecule has 1 aromatic carbocycles. The number of rotatable bonds is 3. The number of fused-ring (bicyclic) bond motifs is 1. The Hall–Kier alpha value is -2.36. The van der Waals surface area contributed by atoms with E-state index in [4.69, 9.17) is 4.98 Å². The number of imidazole rings is 1. The molecule has 0 aliphatic heterocycles. The van der Waals surface area contributed by atoms with E-state index in [1.54, 1.807) is 12.1 Å². The molecular weight excluding hydrogens is 262 g/mol. The fraction of sp³-hybridized carbons (Fsp3) is 0.294. The third-order valence-electron chi connectivity index (χ3n) is 4.23. The van der Waals surface area contributed by atoms with Crippen molar-refractivity contribution in [3.8, 4) is 5.75 Å². The molecule has 2 aromatic heterocycles. The highest BCUT2D eigenvalue weighted by Crippen LogP contribution is 2.35. The number of benzene rings is 1. The van der Waals surface area contributed by atoms with Crippen LogP contribution in [-0.2, 0) is 6.42 Å². The van der Waals surface area contributed by atoms with E-state index >= 15 is 0 Å². The minimum absolute atomic E-state index is 0.303. The SMILES string of the molecule is Oc1cccc(Cc2nc3cccnc3n2C2CCC2)c1. The molecule has 1 aliphatic rings. The Bertz CT molecular complexity index is 790. The van der Waals surface area contributed by atoms with Gasteiger partial charge in [-0.1, -0.05) is 12.1 Å². The lowest BCUT2D eigenvalue weighted by Gasteiger charge is -2.28. The van der Waals surface area contributed by atoms with Crippen LogP contribution in [-0.4, -0.2) is 19.6 Å². The Labute approximate surface area is 123 Å². The van der Waals surface area contributed by atoms with Crippen molar-refractivity contribution >= 4 is 11.2 Å². The summed E-state index contributed by atoms with van der Waals surface area (Å²) >= 11 is 0. The summed E-state index contributed by atoms with van der Waals surface area (Å²) in [6.07, 6.45) is 6.24. The van der Waals surface area contributed by atoms with Crippen LogP contribution in [0.5, 0.6) is 5.75 Å². The monoisotopic (exact) mass is 279 g/mol. The lowest BCUT2D eigenvalue weighted by atomic mass is 9.92. The molecule has 1 aliphatic carbocycles. The molecule has 1 fully saturated rings. The number of phenolic OH excluding ortho intramolecular Hbond substituents is 1. The second kappa shape index (κ2) is 4.88. The molecule has 0 amide bonds. The number of aromatic nitrogens is 3. The fourth-order valence-electron chi connectivity index (χ4n) is 2.98. The highest BCUT2D eigenvalue weighted by Gasteiger charge is 2.25. The molecule has 21 heavy (non-hydrogen) atoms. The van der Waals surface area contributed by atoms with Crippen molar-refractivity contribution in [1.29, 1.82) is 0 Å². The van der Waals surface area contributed by atoms with Crippen LogP contribution in [0.2, 0.25) is 0 Å². The van der Waals surface area contributed by atoms with Crippen LogP contribution in [0.3, 0.4) is 0 Å². The summed E-state index contributed by atoms with van der Waals surface area (Å²) in [5.41, 5.74) is 3.02. The van der Waals surface area contributed by atoms with E-state index in [1.807, 2.05) is 30.5 Å². The van der Waals surface area contributed by atoms with E-state index in [0.717, 1.165) is 29.0 Å². The first kappa shape index (κ1) is 12.4. The van der Waals surface area contributed by atoms with Gasteiger partial charge in [0, 0.05) is 18.7 Å². The van der Waals surface area contributed by atoms with Crippen LogP contribution in [0.25, 0.3) is 11.2 Å².